The summed E-state index contributed by atoms with van der Waals surface area (Å²) in [5, 5.41) is 0. The molecule has 3 nitrogen and oxygen atoms in total. The second-order valence-electron chi connectivity index (χ2n) is 5.18. The third kappa shape index (κ3) is 5.83. The molecule has 0 radical (unpaired) electrons. The predicted molar refractivity (Wildman–Crippen MR) is 75.2 cm³/mol. The third-order valence-corrected chi connectivity index (χ3v) is 2.81. The van der Waals surface area contributed by atoms with Crippen molar-refractivity contribution in [2.75, 3.05) is 19.6 Å². The Labute approximate surface area is 114 Å². The van der Waals surface area contributed by atoms with Gasteiger partial charge in [-0.1, -0.05) is 26.0 Å². The van der Waals surface area contributed by atoms with Crippen molar-refractivity contribution in [2.45, 2.75) is 26.7 Å². The Morgan fingerprint density at radius 3 is 2.74 bits per heavy atom. The molecule has 0 atom stereocenters. The minimum Gasteiger partial charge on any atom is -0.342 e. The number of benzene rings is 1. The second-order valence-corrected chi connectivity index (χ2v) is 5.18. The van der Waals surface area contributed by atoms with Crippen molar-refractivity contribution in [3.8, 4) is 0 Å². The maximum absolute atomic E-state index is 13.1. The largest absolute Gasteiger partial charge is 0.342 e. The van der Waals surface area contributed by atoms with Gasteiger partial charge < -0.3 is 10.6 Å². The average molecular weight is 266 g/mol. The van der Waals surface area contributed by atoms with Crippen molar-refractivity contribution in [1.82, 2.24) is 4.90 Å². The number of rotatable bonds is 7. The summed E-state index contributed by atoms with van der Waals surface area (Å²) in [7, 11) is 0. The molecule has 0 aromatic heterocycles. The lowest BCUT2D eigenvalue weighted by atomic mass is 10.1. The highest BCUT2D eigenvalue weighted by Crippen LogP contribution is 2.08. The number of amides is 1. The molecule has 4 heteroatoms. The first-order valence-electron chi connectivity index (χ1n) is 6.75. The van der Waals surface area contributed by atoms with Gasteiger partial charge in [-0.05, 0) is 36.6 Å². The highest BCUT2D eigenvalue weighted by Gasteiger charge is 2.15. The van der Waals surface area contributed by atoms with E-state index in [1.54, 1.807) is 12.1 Å². The first-order valence-corrected chi connectivity index (χ1v) is 6.75. The molecule has 0 saturated heterocycles. The van der Waals surface area contributed by atoms with Gasteiger partial charge in [-0.2, -0.15) is 0 Å². The van der Waals surface area contributed by atoms with E-state index in [-0.39, 0.29) is 18.1 Å². The number of halogens is 1. The van der Waals surface area contributed by atoms with Crippen LogP contribution in [0, 0.1) is 11.7 Å². The van der Waals surface area contributed by atoms with Gasteiger partial charge in [0.05, 0.1) is 6.42 Å². The highest BCUT2D eigenvalue weighted by molar-refractivity contribution is 5.78. The lowest BCUT2D eigenvalue weighted by Crippen LogP contribution is -2.36. The lowest BCUT2D eigenvalue weighted by molar-refractivity contribution is -0.131. The average Bonchev–Trinajstić information content (AvgIpc) is 2.34. The van der Waals surface area contributed by atoms with Gasteiger partial charge in [0.2, 0.25) is 5.91 Å². The molecule has 0 spiro atoms. The van der Waals surface area contributed by atoms with Gasteiger partial charge in [0.25, 0.3) is 0 Å². The number of nitrogens with two attached hydrogens (primary N) is 1. The molecule has 19 heavy (non-hydrogen) atoms. The summed E-state index contributed by atoms with van der Waals surface area (Å²) in [6, 6.07) is 6.20. The Hall–Kier alpha value is -1.42. The summed E-state index contributed by atoms with van der Waals surface area (Å²) in [5.41, 5.74) is 6.21. The van der Waals surface area contributed by atoms with Gasteiger partial charge in [-0.25, -0.2) is 4.39 Å². The van der Waals surface area contributed by atoms with E-state index in [1.165, 1.54) is 12.1 Å². The molecule has 0 aliphatic heterocycles. The molecule has 0 aliphatic carbocycles. The Kier molecular flexibility index (Phi) is 6.50. The molecule has 2 N–H and O–H groups in total. The van der Waals surface area contributed by atoms with Crippen LogP contribution in [0.3, 0.4) is 0 Å². The molecule has 1 rings (SSSR count). The quantitative estimate of drug-likeness (QED) is 0.822. The SMILES string of the molecule is CC(C)CN(CCCN)C(=O)Cc1cccc(F)c1. The number of nitrogens with zero attached hydrogens (tertiary/aromatic N) is 1. The molecular formula is C15H23FN2O. The molecular weight excluding hydrogens is 243 g/mol. The van der Waals surface area contributed by atoms with E-state index in [1.807, 2.05) is 4.90 Å². The monoisotopic (exact) mass is 266 g/mol. The fourth-order valence-corrected chi connectivity index (χ4v) is 1.97. The predicted octanol–water partition coefficient (Wildman–Crippen LogP) is 2.20. The fraction of sp³-hybridized carbons (Fsp3) is 0.533. The van der Waals surface area contributed by atoms with E-state index in [4.69, 9.17) is 5.73 Å². The summed E-state index contributed by atoms with van der Waals surface area (Å²) < 4.78 is 13.1. The highest BCUT2D eigenvalue weighted by atomic mass is 19.1. The zero-order chi connectivity index (χ0) is 14.3. The minimum atomic E-state index is -0.303. The van der Waals surface area contributed by atoms with Gasteiger partial charge in [-0.3, -0.25) is 4.79 Å². The van der Waals surface area contributed by atoms with Crippen LogP contribution in [0.25, 0.3) is 0 Å². The van der Waals surface area contributed by atoms with Crippen molar-refractivity contribution in [2.24, 2.45) is 11.7 Å². The molecule has 106 valence electrons. The second kappa shape index (κ2) is 7.89. The number of hydrogen-bond acceptors (Lipinski definition) is 2. The maximum atomic E-state index is 13.1. The molecule has 0 unspecified atom stereocenters. The van der Waals surface area contributed by atoms with Crippen LogP contribution >= 0.6 is 0 Å². The Morgan fingerprint density at radius 1 is 1.42 bits per heavy atom. The van der Waals surface area contributed by atoms with Gasteiger partial charge in [0.1, 0.15) is 5.82 Å². The van der Waals surface area contributed by atoms with Crippen LogP contribution in [-0.4, -0.2) is 30.4 Å². The van der Waals surface area contributed by atoms with E-state index in [0.717, 1.165) is 6.42 Å². The number of hydrogen-bond donors (Lipinski definition) is 1. The number of carbonyl (C=O) groups is 1. The summed E-state index contributed by atoms with van der Waals surface area (Å²) in [6.45, 7) is 6.11. The van der Waals surface area contributed by atoms with Crippen LogP contribution in [0.4, 0.5) is 4.39 Å². The molecule has 1 aromatic rings. The number of carbonyl (C=O) groups excluding carboxylic acids is 1. The van der Waals surface area contributed by atoms with Crippen molar-refractivity contribution in [3.05, 3.63) is 35.6 Å². The van der Waals surface area contributed by atoms with Crippen LogP contribution < -0.4 is 5.73 Å². The van der Waals surface area contributed by atoms with Gasteiger partial charge >= 0.3 is 0 Å². The van der Waals surface area contributed by atoms with Crippen molar-refractivity contribution >= 4 is 5.91 Å². The molecule has 0 aliphatic rings. The van der Waals surface area contributed by atoms with Crippen molar-refractivity contribution in [1.29, 1.82) is 0 Å². The first kappa shape index (κ1) is 15.6. The van der Waals surface area contributed by atoms with E-state index in [9.17, 15) is 9.18 Å². The summed E-state index contributed by atoms with van der Waals surface area (Å²) >= 11 is 0. The molecule has 0 saturated carbocycles. The molecule has 1 aromatic carbocycles. The molecule has 0 fully saturated rings. The van der Waals surface area contributed by atoms with E-state index >= 15 is 0 Å². The van der Waals surface area contributed by atoms with Crippen LogP contribution in [0.2, 0.25) is 0 Å². The van der Waals surface area contributed by atoms with Crippen molar-refractivity contribution in [3.63, 3.8) is 0 Å². The standard InChI is InChI=1S/C15H23FN2O/c1-12(2)11-18(8-4-7-17)15(19)10-13-5-3-6-14(16)9-13/h3,5-6,9,12H,4,7-8,10-11,17H2,1-2H3. The van der Waals surface area contributed by atoms with Gasteiger partial charge in [0.15, 0.2) is 0 Å². The van der Waals surface area contributed by atoms with Crippen LogP contribution in [0.15, 0.2) is 24.3 Å². The fourth-order valence-electron chi connectivity index (χ4n) is 1.97. The topological polar surface area (TPSA) is 46.3 Å². The zero-order valence-electron chi connectivity index (χ0n) is 11.7. The molecule has 0 bridgehead atoms. The van der Waals surface area contributed by atoms with Crippen molar-refractivity contribution < 1.29 is 9.18 Å². The normalized spacial score (nSPS) is 10.8. The summed E-state index contributed by atoms with van der Waals surface area (Å²) in [6.07, 6.45) is 1.04. The Morgan fingerprint density at radius 2 is 2.16 bits per heavy atom. The van der Waals surface area contributed by atoms with Gasteiger partial charge in [0, 0.05) is 13.1 Å². The van der Waals surface area contributed by atoms with Crippen LogP contribution in [0.5, 0.6) is 0 Å². The first-order chi connectivity index (χ1) is 9.02. The Balaban J connectivity index is 2.65. The smallest absolute Gasteiger partial charge is 0.227 e. The minimum absolute atomic E-state index is 0.0350. The summed E-state index contributed by atoms with van der Waals surface area (Å²) in [4.78, 5) is 14.0. The van der Waals surface area contributed by atoms with E-state index in [2.05, 4.69) is 13.8 Å². The van der Waals surface area contributed by atoms with Crippen LogP contribution in [0.1, 0.15) is 25.8 Å². The molecule has 0 heterocycles. The summed E-state index contributed by atoms with van der Waals surface area (Å²) in [5.74, 6) is 0.143. The van der Waals surface area contributed by atoms with Gasteiger partial charge in [-0.15, -0.1) is 0 Å². The van der Waals surface area contributed by atoms with E-state index in [0.29, 0.717) is 31.1 Å². The molecule has 1 amide bonds. The zero-order valence-corrected chi connectivity index (χ0v) is 11.7. The van der Waals surface area contributed by atoms with E-state index < -0.39 is 0 Å². The van der Waals surface area contributed by atoms with Crippen LogP contribution in [-0.2, 0) is 11.2 Å². The Bertz CT molecular complexity index is 407. The maximum Gasteiger partial charge on any atom is 0.227 e. The lowest BCUT2D eigenvalue weighted by Gasteiger charge is -2.24. The third-order valence-electron chi connectivity index (χ3n) is 2.81.